The van der Waals surface area contributed by atoms with Crippen molar-refractivity contribution in [2.45, 2.75) is 17.1 Å². The summed E-state index contributed by atoms with van der Waals surface area (Å²) in [5.41, 5.74) is 3.47. The fourth-order valence-corrected chi connectivity index (χ4v) is 7.63. The second kappa shape index (κ2) is 16.4. The summed E-state index contributed by atoms with van der Waals surface area (Å²) in [4.78, 5) is 46.2. The maximum atomic E-state index is 13.8. The van der Waals surface area contributed by atoms with E-state index >= 15 is 0 Å². The largest absolute Gasteiger partial charge is 0.494 e. The van der Waals surface area contributed by atoms with Crippen molar-refractivity contribution in [3.8, 4) is 5.75 Å². The van der Waals surface area contributed by atoms with Crippen LogP contribution in [0.1, 0.15) is 33.7 Å². The van der Waals surface area contributed by atoms with Crippen LogP contribution in [0, 0.1) is 0 Å². The lowest BCUT2D eigenvalue weighted by molar-refractivity contribution is -0.116. The monoisotopic (exact) mass is 734 g/mol. The van der Waals surface area contributed by atoms with Crippen LogP contribution in [0.15, 0.2) is 156 Å². The first-order valence-electron chi connectivity index (χ1n) is 17.0. The molecular weight excluding hydrogens is 701 g/mol. The van der Waals surface area contributed by atoms with Gasteiger partial charge >= 0.3 is 0 Å². The summed E-state index contributed by atoms with van der Waals surface area (Å²) >= 11 is 2.79. The molecule has 0 saturated heterocycles. The number of nitrogens with one attached hydrogen (secondary N) is 3. The number of carbonyl (C=O) groups is 3. The second-order valence-corrected chi connectivity index (χ2v) is 14.1. The zero-order valence-electron chi connectivity index (χ0n) is 28.6. The van der Waals surface area contributed by atoms with Gasteiger partial charge in [0.2, 0.25) is 5.91 Å². The average molecular weight is 735 g/mol. The molecule has 0 saturated carbocycles. The van der Waals surface area contributed by atoms with Gasteiger partial charge in [-0.05, 0) is 89.5 Å². The first-order valence-corrected chi connectivity index (χ1v) is 18.7. The van der Waals surface area contributed by atoms with E-state index in [9.17, 15) is 14.4 Å². The number of hydrogen-bond acceptors (Lipinski definition) is 7. The highest BCUT2D eigenvalue weighted by Crippen LogP contribution is 2.38. The molecule has 0 fully saturated rings. The molecule has 0 aliphatic rings. The summed E-state index contributed by atoms with van der Waals surface area (Å²) in [6, 6.07) is 45.0. The quantitative estimate of drug-likeness (QED) is 0.0852. The molecule has 1 unspecified atom stereocenters. The third kappa shape index (κ3) is 8.64. The predicted molar refractivity (Wildman–Crippen MR) is 215 cm³/mol. The minimum atomic E-state index is -0.578. The van der Waals surface area contributed by atoms with E-state index in [4.69, 9.17) is 4.74 Å². The summed E-state index contributed by atoms with van der Waals surface area (Å²) in [7, 11) is 0. The lowest BCUT2D eigenvalue weighted by Crippen LogP contribution is -2.30. The minimum Gasteiger partial charge on any atom is -0.494 e. The van der Waals surface area contributed by atoms with Gasteiger partial charge in [0.25, 0.3) is 11.8 Å². The molecule has 53 heavy (non-hydrogen) atoms. The van der Waals surface area contributed by atoms with Crippen LogP contribution in [0.4, 0.5) is 10.8 Å². The highest BCUT2D eigenvalue weighted by atomic mass is 32.2. The lowest BCUT2D eigenvalue weighted by Gasteiger charge is -2.17. The van der Waals surface area contributed by atoms with Gasteiger partial charge in [0.1, 0.15) is 16.7 Å². The molecule has 0 aliphatic carbocycles. The standard InChI is InChI=1S/C43H34N4O4S2/c1-2-51-33-22-25-36-38(27-33)53-43(46-36)47-42(50)39(29-13-5-3-6-14-29)52-34-23-20-32(21-24-34)44-41(49)37(45-40(48)30-15-7-4-8-16-30)26-31-18-11-17-28-12-9-10-19-35(28)31/h3-27,39H,2H2,1H3,(H,44,49)(H,45,48)(H,46,47,50)/b37-26-. The van der Waals surface area contributed by atoms with E-state index in [0.717, 1.165) is 42.8 Å². The van der Waals surface area contributed by atoms with Gasteiger partial charge in [-0.1, -0.05) is 102 Å². The van der Waals surface area contributed by atoms with E-state index in [1.54, 1.807) is 42.5 Å². The molecular formula is C43H34N4O4S2. The van der Waals surface area contributed by atoms with Gasteiger partial charge in [-0.2, -0.15) is 0 Å². The number of thioether (sulfide) groups is 1. The number of benzene rings is 6. The molecule has 3 amide bonds. The van der Waals surface area contributed by atoms with Gasteiger partial charge in [0, 0.05) is 16.1 Å². The van der Waals surface area contributed by atoms with Gasteiger partial charge < -0.3 is 20.7 Å². The molecule has 8 nitrogen and oxygen atoms in total. The van der Waals surface area contributed by atoms with Crippen LogP contribution in [-0.2, 0) is 9.59 Å². The molecule has 1 atom stereocenters. The van der Waals surface area contributed by atoms with Gasteiger partial charge in [0.15, 0.2) is 5.13 Å². The van der Waals surface area contributed by atoms with Crippen molar-refractivity contribution in [2.24, 2.45) is 0 Å². The number of carbonyl (C=O) groups excluding carboxylic acids is 3. The van der Waals surface area contributed by atoms with Crippen LogP contribution in [0.2, 0.25) is 0 Å². The molecule has 0 bridgehead atoms. The van der Waals surface area contributed by atoms with Gasteiger partial charge in [-0.3, -0.25) is 14.4 Å². The summed E-state index contributed by atoms with van der Waals surface area (Å²) < 4.78 is 6.54. The number of ether oxygens (including phenoxy) is 1. The number of nitrogens with zero attached hydrogens (tertiary/aromatic N) is 1. The van der Waals surface area contributed by atoms with Crippen molar-refractivity contribution in [1.29, 1.82) is 0 Å². The zero-order chi connectivity index (χ0) is 36.6. The van der Waals surface area contributed by atoms with Crippen molar-refractivity contribution >= 4 is 78.7 Å². The fraction of sp³-hybridized carbons (Fsp3) is 0.0698. The van der Waals surface area contributed by atoms with Crippen LogP contribution < -0.4 is 20.7 Å². The predicted octanol–water partition coefficient (Wildman–Crippen LogP) is 9.73. The first kappa shape index (κ1) is 35.2. The van der Waals surface area contributed by atoms with E-state index in [-0.39, 0.29) is 11.6 Å². The van der Waals surface area contributed by atoms with Crippen molar-refractivity contribution in [3.63, 3.8) is 0 Å². The summed E-state index contributed by atoms with van der Waals surface area (Å²) in [6.45, 7) is 2.50. The summed E-state index contributed by atoms with van der Waals surface area (Å²) in [6.07, 6.45) is 1.69. The van der Waals surface area contributed by atoms with E-state index in [1.807, 2.05) is 116 Å². The molecule has 7 rings (SSSR count). The maximum absolute atomic E-state index is 13.8. The van der Waals surface area contributed by atoms with Crippen molar-refractivity contribution in [1.82, 2.24) is 10.3 Å². The van der Waals surface area contributed by atoms with Crippen molar-refractivity contribution < 1.29 is 19.1 Å². The Labute approximate surface area is 314 Å². The minimum absolute atomic E-state index is 0.0958. The van der Waals surface area contributed by atoms with Crippen LogP contribution in [-0.4, -0.2) is 29.3 Å². The van der Waals surface area contributed by atoms with Crippen molar-refractivity contribution in [3.05, 3.63) is 168 Å². The topological polar surface area (TPSA) is 109 Å². The molecule has 1 heterocycles. The number of rotatable bonds is 12. The maximum Gasteiger partial charge on any atom is 0.272 e. The Balaban J connectivity index is 1.10. The Bertz CT molecular complexity index is 2430. The van der Waals surface area contributed by atoms with E-state index in [0.29, 0.717) is 23.0 Å². The highest BCUT2D eigenvalue weighted by Gasteiger charge is 2.24. The van der Waals surface area contributed by atoms with Gasteiger partial charge in [-0.15, -0.1) is 11.8 Å². The Hall–Kier alpha value is -6.23. The SMILES string of the molecule is CCOc1ccc2nc(NC(=O)C(Sc3ccc(NC(=O)/C(=C/c4cccc5ccccc45)NC(=O)c4ccccc4)cc3)c3ccccc3)sc2c1. The number of aromatic nitrogens is 1. The number of anilines is 2. The number of fused-ring (bicyclic) bond motifs is 2. The van der Waals surface area contributed by atoms with E-state index < -0.39 is 17.1 Å². The number of hydrogen-bond donors (Lipinski definition) is 3. The molecule has 0 aliphatic heterocycles. The zero-order valence-corrected chi connectivity index (χ0v) is 30.2. The smallest absolute Gasteiger partial charge is 0.272 e. The molecule has 3 N–H and O–H groups in total. The second-order valence-electron chi connectivity index (χ2n) is 11.9. The fourth-order valence-electron chi connectivity index (χ4n) is 5.71. The Morgan fingerprint density at radius 1 is 0.792 bits per heavy atom. The Kier molecular flexibility index (Phi) is 10.9. The average Bonchev–Trinajstić information content (AvgIpc) is 3.59. The molecule has 7 aromatic rings. The van der Waals surface area contributed by atoms with Gasteiger partial charge in [-0.25, -0.2) is 4.98 Å². The third-order valence-corrected chi connectivity index (χ3v) is 10.5. The molecule has 6 aromatic carbocycles. The molecule has 0 spiro atoms. The number of thiazole rings is 1. The van der Waals surface area contributed by atoms with Crippen LogP contribution in [0.5, 0.6) is 5.75 Å². The third-order valence-electron chi connectivity index (χ3n) is 8.26. The lowest BCUT2D eigenvalue weighted by atomic mass is 10.0. The first-order chi connectivity index (χ1) is 25.9. The molecule has 1 aromatic heterocycles. The Morgan fingerprint density at radius 3 is 2.28 bits per heavy atom. The molecule has 262 valence electrons. The van der Waals surface area contributed by atoms with Crippen LogP contribution in [0.25, 0.3) is 27.1 Å². The normalized spacial score (nSPS) is 11.9. The number of amides is 3. The molecule has 10 heteroatoms. The van der Waals surface area contributed by atoms with Crippen LogP contribution >= 0.6 is 23.1 Å². The van der Waals surface area contributed by atoms with Crippen molar-refractivity contribution in [2.75, 3.05) is 17.2 Å². The summed E-state index contributed by atoms with van der Waals surface area (Å²) in [5, 5.41) is 10.7. The van der Waals surface area contributed by atoms with E-state index in [2.05, 4.69) is 20.9 Å². The van der Waals surface area contributed by atoms with Gasteiger partial charge in [0.05, 0.1) is 16.8 Å². The molecule has 0 radical (unpaired) electrons. The summed E-state index contributed by atoms with van der Waals surface area (Å²) in [5.74, 6) is -0.327. The highest BCUT2D eigenvalue weighted by molar-refractivity contribution is 8.00. The van der Waals surface area contributed by atoms with Crippen LogP contribution in [0.3, 0.4) is 0 Å². The van der Waals surface area contributed by atoms with E-state index in [1.165, 1.54) is 23.1 Å². The Morgan fingerprint density at radius 2 is 1.51 bits per heavy atom.